The highest BCUT2D eigenvalue weighted by Gasteiger charge is 2.06. The van der Waals surface area contributed by atoms with Gasteiger partial charge in [0.15, 0.2) is 5.82 Å². The number of methoxy groups -OCH3 is 2. The molecule has 1 aromatic carbocycles. The molecule has 7 heteroatoms. The van der Waals surface area contributed by atoms with Crippen molar-refractivity contribution in [3.05, 3.63) is 39.7 Å². The molecule has 0 fully saturated rings. The van der Waals surface area contributed by atoms with E-state index in [1.807, 2.05) is 18.2 Å². The Morgan fingerprint density at radius 1 is 1.25 bits per heavy atom. The fourth-order valence-electron chi connectivity index (χ4n) is 1.61. The van der Waals surface area contributed by atoms with Gasteiger partial charge in [-0.05, 0) is 34.1 Å². The summed E-state index contributed by atoms with van der Waals surface area (Å²) in [5.74, 6) is 1.89. The number of hydrogen-bond acceptors (Lipinski definition) is 5. The van der Waals surface area contributed by atoms with Crippen LogP contribution in [0.1, 0.15) is 5.82 Å². The summed E-state index contributed by atoms with van der Waals surface area (Å²) < 4.78 is 11.0. The van der Waals surface area contributed by atoms with E-state index < -0.39 is 0 Å². The molecule has 0 unspecified atom stereocenters. The first kappa shape index (κ1) is 15.0. The lowest BCUT2D eigenvalue weighted by Crippen LogP contribution is -2.01. The molecule has 0 spiro atoms. The summed E-state index contributed by atoms with van der Waals surface area (Å²) in [6.07, 6.45) is 0. The van der Waals surface area contributed by atoms with Crippen molar-refractivity contribution in [2.24, 2.45) is 0 Å². The van der Waals surface area contributed by atoms with E-state index in [4.69, 9.17) is 21.1 Å². The van der Waals surface area contributed by atoms with E-state index in [1.54, 1.807) is 20.3 Å². The zero-order valence-corrected chi connectivity index (χ0v) is 13.3. The van der Waals surface area contributed by atoms with Crippen LogP contribution >= 0.6 is 27.5 Å². The lowest BCUT2D eigenvalue weighted by atomic mass is 10.3. The molecule has 0 aliphatic rings. The summed E-state index contributed by atoms with van der Waals surface area (Å²) in [4.78, 5) is 8.38. The molecule has 106 valence electrons. The molecule has 0 atom stereocenters. The van der Waals surface area contributed by atoms with Crippen LogP contribution < -0.4 is 10.1 Å². The summed E-state index contributed by atoms with van der Waals surface area (Å²) >= 11 is 9.39. The van der Waals surface area contributed by atoms with Crippen LogP contribution in [0, 0.1) is 0 Å². The van der Waals surface area contributed by atoms with Gasteiger partial charge in [-0.2, -0.15) is 0 Å². The molecule has 2 aromatic rings. The van der Waals surface area contributed by atoms with Crippen molar-refractivity contribution in [3.8, 4) is 5.75 Å². The predicted molar refractivity (Wildman–Crippen MR) is 81.7 cm³/mol. The molecule has 0 aliphatic heterocycles. The summed E-state index contributed by atoms with van der Waals surface area (Å²) in [5.41, 5.74) is 0.857. The number of halogens is 2. The third-order valence-corrected chi connectivity index (χ3v) is 3.25. The first-order chi connectivity index (χ1) is 9.62. The number of nitrogens with one attached hydrogen (secondary N) is 1. The SMILES string of the molecule is COCc1nc(Cl)cc(Nc2ccc(OC)c(Br)c2)n1. The largest absolute Gasteiger partial charge is 0.496 e. The molecule has 0 saturated carbocycles. The number of hydrogen-bond donors (Lipinski definition) is 1. The van der Waals surface area contributed by atoms with Crippen molar-refractivity contribution in [1.82, 2.24) is 9.97 Å². The fraction of sp³-hybridized carbons (Fsp3) is 0.231. The molecule has 1 heterocycles. The first-order valence-corrected chi connectivity index (χ1v) is 6.92. The van der Waals surface area contributed by atoms with Gasteiger partial charge in [0.05, 0.1) is 11.6 Å². The molecule has 2 rings (SSSR count). The summed E-state index contributed by atoms with van der Waals surface area (Å²) in [6.45, 7) is 0.307. The van der Waals surface area contributed by atoms with Gasteiger partial charge in [-0.25, -0.2) is 9.97 Å². The Kier molecular flexibility index (Phi) is 5.17. The van der Waals surface area contributed by atoms with Gasteiger partial charge in [0.2, 0.25) is 0 Å². The molecule has 0 radical (unpaired) electrons. The van der Waals surface area contributed by atoms with Crippen LogP contribution in [-0.4, -0.2) is 24.2 Å². The Hall–Kier alpha value is -1.37. The van der Waals surface area contributed by atoms with Gasteiger partial charge in [-0.1, -0.05) is 11.6 Å². The fourth-order valence-corrected chi connectivity index (χ4v) is 2.36. The second-order valence-corrected chi connectivity index (χ2v) is 5.14. The van der Waals surface area contributed by atoms with Crippen molar-refractivity contribution in [1.29, 1.82) is 0 Å². The Bertz CT molecular complexity index is 610. The van der Waals surface area contributed by atoms with Gasteiger partial charge in [-0.15, -0.1) is 0 Å². The quantitative estimate of drug-likeness (QED) is 0.824. The van der Waals surface area contributed by atoms with Crippen LogP contribution in [0.4, 0.5) is 11.5 Å². The van der Waals surface area contributed by atoms with Gasteiger partial charge in [0, 0.05) is 18.9 Å². The number of anilines is 2. The minimum atomic E-state index is 0.307. The van der Waals surface area contributed by atoms with Crippen LogP contribution in [0.25, 0.3) is 0 Å². The average molecular weight is 359 g/mol. The van der Waals surface area contributed by atoms with Gasteiger partial charge < -0.3 is 14.8 Å². The molecule has 1 N–H and O–H groups in total. The first-order valence-electron chi connectivity index (χ1n) is 5.75. The van der Waals surface area contributed by atoms with Gasteiger partial charge in [0.25, 0.3) is 0 Å². The number of ether oxygens (including phenoxy) is 2. The smallest absolute Gasteiger partial charge is 0.158 e. The summed E-state index contributed by atoms with van der Waals surface area (Å²) in [6, 6.07) is 7.28. The summed E-state index contributed by atoms with van der Waals surface area (Å²) in [5, 5.41) is 3.52. The van der Waals surface area contributed by atoms with Crippen molar-refractivity contribution in [2.75, 3.05) is 19.5 Å². The third kappa shape index (κ3) is 3.82. The normalized spacial score (nSPS) is 10.4. The molecule has 20 heavy (non-hydrogen) atoms. The highest BCUT2D eigenvalue weighted by atomic mass is 79.9. The number of benzene rings is 1. The standard InChI is InChI=1S/C13H13BrClN3O2/c1-19-7-13-17-11(15)6-12(18-13)16-8-3-4-10(20-2)9(14)5-8/h3-6H,7H2,1-2H3,(H,16,17,18). The van der Waals surface area contributed by atoms with E-state index >= 15 is 0 Å². The molecular weight excluding hydrogens is 346 g/mol. The Morgan fingerprint density at radius 3 is 2.70 bits per heavy atom. The van der Waals surface area contributed by atoms with Gasteiger partial charge >= 0.3 is 0 Å². The Morgan fingerprint density at radius 2 is 2.05 bits per heavy atom. The zero-order valence-electron chi connectivity index (χ0n) is 11.0. The minimum Gasteiger partial charge on any atom is -0.496 e. The highest BCUT2D eigenvalue weighted by Crippen LogP contribution is 2.29. The Balaban J connectivity index is 2.23. The molecule has 5 nitrogen and oxygen atoms in total. The second kappa shape index (κ2) is 6.88. The average Bonchev–Trinajstić information content (AvgIpc) is 2.38. The van der Waals surface area contributed by atoms with E-state index in [2.05, 4.69) is 31.2 Å². The monoisotopic (exact) mass is 357 g/mol. The molecular formula is C13H13BrClN3O2. The van der Waals surface area contributed by atoms with Crippen LogP contribution in [0.3, 0.4) is 0 Å². The van der Waals surface area contributed by atoms with Crippen LogP contribution in [0.5, 0.6) is 5.75 Å². The maximum absolute atomic E-state index is 5.95. The molecule has 0 saturated heterocycles. The second-order valence-electron chi connectivity index (χ2n) is 3.90. The number of aromatic nitrogens is 2. The zero-order chi connectivity index (χ0) is 14.5. The third-order valence-electron chi connectivity index (χ3n) is 2.44. The van der Waals surface area contributed by atoms with E-state index in [0.29, 0.717) is 23.4 Å². The maximum atomic E-state index is 5.95. The van der Waals surface area contributed by atoms with Gasteiger partial charge in [0.1, 0.15) is 23.3 Å². The summed E-state index contributed by atoms with van der Waals surface area (Å²) in [7, 11) is 3.20. The minimum absolute atomic E-state index is 0.307. The number of rotatable bonds is 5. The van der Waals surface area contributed by atoms with Crippen LogP contribution in [0.2, 0.25) is 5.15 Å². The van der Waals surface area contributed by atoms with Crippen molar-refractivity contribution >= 4 is 39.0 Å². The molecule has 0 amide bonds. The van der Waals surface area contributed by atoms with Crippen LogP contribution in [0.15, 0.2) is 28.7 Å². The molecule has 1 aromatic heterocycles. The lowest BCUT2D eigenvalue weighted by Gasteiger charge is -2.09. The molecule has 0 bridgehead atoms. The highest BCUT2D eigenvalue weighted by molar-refractivity contribution is 9.10. The van der Waals surface area contributed by atoms with Crippen molar-refractivity contribution in [3.63, 3.8) is 0 Å². The van der Waals surface area contributed by atoms with E-state index in [-0.39, 0.29) is 0 Å². The lowest BCUT2D eigenvalue weighted by molar-refractivity contribution is 0.178. The molecule has 0 aliphatic carbocycles. The maximum Gasteiger partial charge on any atom is 0.158 e. The van der Waals surface area contributed by atoms with E-state index in [9.17, 15) is 0 Å². The van der Waals surface area contributed by atoms with E-state index in [1.165, 1.54) is 0 Å². The van der Waals surface area contributed by atoms with Crippen LogP contribution in [-0.2, 0) is 11.3 Å². The topological polar surface area (TPSA) is 56.3 Å². The van der Waals surface area contributed by atoms with E-state index in [0.717, 1.165) is 15.9 Å². The Labute approximate surface area is 130 Å². The predicted octanol–water partition coefficient (Wildman–Crippen LogP) is 3.79. The van der Waals surface area contributed by atoms with Gasteiger partial charge in [-0.3, -0.25) is 0 Å². The van der Waals surface area contributed by atoms with Crippen molar-refractivity contribution in [2.45, 2.75) is 6.61 Å². The number of nitrogens with zero attached hydrogens (tertiary/aromatic N) is 2. The van der Waals surface area contributed by atoms with Crippen molar-refractivity contribution < 1.29 is 9.47 Å².